The van der Waals surface area contributed by atoms with E-state index in [9.17, 15) is 5.11 Å². The van der Waals surface area contributed by atoms with Gasteiger partial charge in [-0.3, -0.25) is 10.00 Å². The molecule has 0 bridgehead atoms. The van der Waals surface area contributed by atoms with Gasteiger partial charge in [0.1, 0.15) is 11.3 Å². The largest absolute Gasteiger partial charge is 0.459 e. The molecule has 1 aliphatic rings. The number of β-amino-alcohol motifs (C(OH)–C–C–N with tert-alkyl or cyclic N) is 1. The molecule has 0 unspecified atom stereocenters. The summed E-state index contributed by atoms with van der Waals surface area (Å²) in [4.78, 5) is 2.28. The molecule has 132 valence electrons. The summed E-state index contributed by atoms with van der Waals surface area (Å²) in [5.41, 5.74) is 5.49. The van der Waals surface area contributed by atoms with E-state index in [2.05, 4.69) is 47.1 Å². The minimum absolute atomic E-state index is 0.217. The van der Waals surface area contributed by atoms with E-state index in [0.29, 0.717) is 6.54 Å². The van der Waals surface area contributed by atoms with Crippen molar-refractivity contribution in [3.63, 3.8) is 0 Å². The highest BCUT2D eigenvalue weighted by atomic mass is 16.3. The predicted molar refractivity (Wildman–Crippen MR) is 97.5 cm³/mol. The standard InChI is InChI=1S/C20H25N3O2/c1-12-4-5-19-17(6-12)14(3)20(25-19)11-23-9-15(18(24)10-23)8-16-7-13(2)21-22-16/h4-7,15,18,24H,8-11H2,1-3H3,(H,21,22)/t15-,18+/m1/s1. The van der Waals surface area contributed by atoms with E-state index in [0.717, 1.165) is 42.2 Å². The number of rotatable bonds is 4. The number of aromatic amines is 1. The summed E-state index contributed by atoms with van der Waals surface area (Å²) in [6.07, 6.45) is 0.490. The number of fused-ring (bicyclic) bond motifs is 1. The molecule has 2 atom stereocenters. The predicted octanol–water partition coefficient (Wildman–Crippen LogP) is 3.12. The van der Waals surface area contributed by atoms with Gasteiger partial charge in [0.2, 0.25) is 0 Å². The molecule has 0 spiro atoms. The summed E-state index contributed by atoms with van der Waals surface area (Å²) in [5, 5.41) is 18.9. The van der Waals surface area contributed by atoms with Gasteiger partial charge in [-0.2, -0.15) is 5.10 Å². The first kappa shape index (κ1) is 16.4. The normalized spacial score (nSPS) is 21.4. The summed E-state index contributed by atoms with van der Waals surface area (Å²) in [6.45, 7) is 8.51. The van der Waals surface area contributed by atoms with Crippen LogP contribution in [0.5, 0.6) is 0 Å². The van der Waals surface area contributed by atoms with Crippen molar-refractivity contribution in [1.82, 2.24) is 15.1 Å². The van der Waals surface area contributed by atoms with Crippen molar-refractivity contribution in [2.45, 2.75) is 39.8 Å². The van der Waals surface area contributed by atoms with E-state index in [1.165, 1.54) is 16.5 Å². The van der Waals surface area contributed by atoms with Crippen LogP contribution in [0.4, 0.5) is 0 Å². The van der Waals surface area contributed by atoms with Gasteiger partial charge in [0, 0.05) is 30.1 Å². The molecule has 1 aliphatic heterocycles. The molecular formula is C20H25N3O2. The Bertz CT molecular complexity index is 896. The Kier molecular flexibility index (Phi) is 4.13. The van der Waals surface area contributed by atoms with Crippen LogP contribution in [0.1, 0.15) is 28.3 Å². The maximum atomic E-state index is 10.4. The number of aromatic nitrogens is 2. The van der Waals surface area contributed by atoms with Gasteiger partial charge in [0.05, 0.1) is 18.3 Å². The zero-order valence-electron chi connectivity index (χ0n) is 15.0. The molecule has 2 N–H and O–H groups in total. The number of hydrogen-bond donors (Lipinski definition) is 2. The zero-order valence-corrected chi connectivity index (χ0v) is 15.0. The topological polar surface area (TPSA) is 65.3 Å². The maximum absolute atomic E-state index is 10.4. The highest BCUT2D eigenvalue weighted by molar-refractivity contribution is 5.82. The van der Waals surface area contributed by atoms with Crippen molar-refractivity contribution in [2.75, 3.05) is 13.1 Å². The van der Waals surface area contributed by atoms with E-state index in [1.807, 2.05) is 13.0 Å². The molecule has 25 heavy (non-hydrogen) atoms. The minimum Gasteiger partial charge on any atom is -0.459 e. The van der Waals surface area contributed by atoms with E-state index in [-0.39, 0.29) is 12.0 Å². The first-order chi connectivity index (χ1) is 12.0. The third-order valence-corrected chi connectivity index (χ3v) is 5.27. The lowest BCUT2D eigenvalue weighted by atomic mass is 10.0. The van der Waals surface area contributed by atoms with Crippen LogP contribution in [-0.4, -0.2) is 39.4 Å². The number of nitrogens with one attached hydrogen (secondary N) is 1. The van der Waals surface area contributed by atoms with E-state index >= 15 is 0 Å². The monoisotopic (exact) mass is 339 g/mol. The van der Waals surface area contributed by atoms with Gasteiger partial charge in [-0.05, 0) is 51.0 Å². The smallest absolute Gasteiger partial charge is 0.134 e. The number of furan rings is 1. The summed E-state index contributed by atoms with van der Waals surface area (Å²) < 4.78 is 6.07. The average molecular weight is 339 g/mol. The molecule has 1 saturated heterocycles. The number of hydrogen-bond acceptors (Lipinski definition) is 4. The number of nitrogens with zero attached hydrogens (tertiary/aromatic N) is 2. The van der Waals surface area contributed by atoms with Crippen molar-refractivity contribution in [2.24, 2.45) is 5.92 Å². The van der Waals surface area contributed by atoms with Crippen LogP contribution in [0.25, 0.3) is 11.0 Å². The summed E-state index contributed by atoms with van der Waals surface area (Å²) >= 11 is 0. The molecule has 0 aliphatic carbocycles. The molecule has 1 fully saturated rings. The van der Waals surface area contributed by atoms with Crippen LogP contribution < -0.4 is 0 Å². The van der Waals surface area contributed by atoms with Crippen LogP contribution >= 0.6 is 0 Å². The molecule has 0 amide bonds. The maximum Gasteiger partial charge on any atom is 0.134 e. The first-order valence-corrected chi connectivity index (χ1v) is 8.89. The molecule has 0 saturated carbocycles. The van der Waals surface area contributed by atoms with Gasteiger partial charge in [-0.15, -0.1) is 0 Å². The van der Waals surface area contributed by atoms with Gasteiger partial charge >= 0.3 is 0 Å². The first-order valence-electron chi connectivity index (χ1n) is 8.89. The SMILES string of the molecule is Cc1ccc2oc(CN3C[C@@H](Cc4cc(C)[nH]n4)[C@@H](O)C3)c(C)c2c1. The second kappa shape index (κ2) is 6.32. The van der Waals surface area contributed by atoms with Gasteiger partial charge in [-0.25, -0.2) is 0 Å². The molecule has 2 aromatic heterocycles. The van der Waals surface area contributed by atoms with Gasteiger partial charge < -0.3 is 9.52 Å². The van der Waals surface area contributed by atoms with Crippen LogP contribution in [-0.2, 0) is 13.0 Å². The van der Waals surface area contributed by atoms with Crippen LogP contribution in [0.3, 0.4) is 0 Å². The highest BCUT2D eigenvalue weighted by Gasteiger charge is 2.32. The zero-order chi connectivity index (χ0) is 17.6. The van der Waals surface area contributed by atoms with Crippen molar-refractivity contribution in [1.29, 1.82) is 0 Å². The number of benzene rings is 1. The Labute approximate surface area is 147 Å². The van der Waals surface area contributed by atoms with Crippen molar-refractivity contribution in [3.8, 4) is 0 Å². The summed E-state index contributed by atoms with van der Waals surface area (Å²) in [6, 6.07) is 8.36. The fraction of sp³-hybridized carbons (Fsp3) is 0.450. The Balaban J connectivity index is 1.47. The molecule has 0 radical (unpaired) electrons. The highest BCUT2D eigenvalue weighted by Crippen LogP contribution is 2.29. The molecule has 3 aromatic rings. The third-order valence-electron chi connectivity index (χ3n) is 5.27. The van der Waals surface area contributed by atoms with Crippen molar-refractivity contribution >= 4 is 11.0 Å². The van der Waals surface area contributed by atoms with Crippen LogP contribution in [0.2, 0.25) is 0 Å². The molecule has 4 rings (SSSR count). The summed E-state index contributed by atoms with van der Waals surface area (Å²) in [7, 11) is 0. The molecule has 3 heterocycles. The van der Waals surface area contributed by atoms with Gasteiger partial charge in [-0.1, -0.05) is 11.6 Å². The second-order valence-electron chi connectivity index (χ2n) is 7.42. The van der Waals surface area contributed by atoms with E-state index in [1.54, 1.807) is 0 Å². The molecule has 5 nitrogen and oxygen atoms in total. The lowest BCUT2D eigenvalue weighted by Gasteiger charge is -2.14. The minimum atomic E-state index is -0.316. The quantitative estimate of drug-likeness (QED) is 0.766. The van der Waals surface area contributed by atoms with Gasteiger partial charge in [0.15, 0.2) is 0 Å². The fourth-order valence-corrected chi connectivity index (χ4v) is 3.86. The Morgan fingerprint density at radius 2 is 2.08 bits per heavy atom. The lowest BCUT2D eigenvalue weighted by molar-refractivity contribution is 0.140. The summed E-state index contributed by atoms with van der Waals surface area (Å²) in [5.74, 6) is 1.22. The molecule has 5 heteroatoms. The Hall–Kier alpha value is -2.11. The second-order valence-corrected chi connectivity index (χ2v) is 7.42. The van der Waals surface area contributed by atoms with Crippen LogP contribution in [0.15, 0.2) is 28.7 Å². The van der Waals surface area contributed by atoms with E-state index in [4.69, 9.17) is 4.42 Å². The van der Waals surface area contributed by atoms with Crippen LogP contribution in [0, 0.1) is 26.7 Å². The molecular weight excluding hydrogens is 314 g/mol. The van der Waals surface area contributed by atoms with Gasteiger partial charge in [0.25, 0.3) is 0 Å². The van der Waals surface area contributed by atoms with Crippen molar-refractivity contribution in [3.05, 3.63) is 52.5 Å². The number of aliphatic hydroxyl groups excluding tert-OH is 1. The fourth-order valence-electron chi connectivity index (χ4n) is 3.86. The number of aliphatic hydroxyl groups is 1. The number of H-pyrrole nitrogens is 1. The Morgan fingerprint density at radius 1 is 1.24 bits per heavy atom. The number of likely N-dealkylation sites (tertiary alicyclic amines) is 1. The van der Waals surface area contributed by atoms with Crippen molar-refractivity contribution < 1.29 is 9.52 Å². The molecule has 1 aromatic carbocycles. The third kappa shape index (κ3) is 3.22. The lowest BCUT2D eigenvalue weighted by Crippen LogP contribution is -2.21. The Morgan fingerprint density at radius 3 is 2.84 bits per heavy atom. The van der Waals surface area contributed by atoms with E-state index < -0.39 is 0 Å². The average Bonchev–Trinajstić information content (AvgIpc) is 3.21. The number of aryl methyl sites for hydroxylation is 3.